The number of rotatable bonds is 9. The Bertz CT molecular complexity index is 2230. The molecule has 2 heteroatoms. The van der Waals surface area contributed by atoms with Crippen LogP contribution in [0.3, 0.4) is 0 Å². The second-order valence-corrected chi connectivity index (χ2v) is 12.5. The quantitative estimate of drug-likeness (QED) is 0.155. The minimum Gasteiger partial charge on any atom is -0.311 e. The molecule has 7 aromatic rings. The zero-order chi connectivity index (χ0) is 33.5. The number of nitrogens with zero attached hydrogens (tertiary/aromatic N) is 2. The number of hydrogen-bond acceptors (Lipinski definition) is 2. The van der Waals surface area contributed by atoms with Gasteiger partial charge in [-0.15, -0.1) is 0 Å². The third-order valence-electron chi connectivity index (χ3n) is 9.25. The van der Waals surface area contributed by atoms with Crippen LogP contribution in [0.2, 0.25) is 0 Å². The summed E-state index contributed by atoms with van der Waals surface area (Å²) in [5.41, 5.74) is 14.1. The summed E-state index contributed by atoms with van der Waals surface area (Å²) in [6.45, 7) is 0. The largest absolute Gasteiger partial charge is 0.311 e. The van der Waals surface area contributed by atoms with Crippen molar-refractivity contribution < 1.29 is 0 Å². The molecule has 2 nitrogen and oxygen atoms in total. The van der Waals surface area contributed by atoms with Gasteiger partial charge in [0.2, 0.25) is 0 Å². The molecular weight excluding hydrogens is 605 g/mol. The predicted octanol–water partition coefficient (Wildman–Crippen LogP) is 13.5. The molecule has 0 N–H and O–H groups in total. The van der Waals surface area contributed by atoms with Crippen LogP contribution >= 0.6 is 0 Å². The van der Waals surface area contributed by atoms with Crippen LogP contribution in [0.4, 0.5) is 28.4 Å². The zero-order valence-electron chi connectivity index (χ0n) is 27.9. The average molecular weight is 643 g/mol. The predicted molar refractivity (Wildman–Crippen MR) is 212 cm³/mol. The van der Waals surface area contributed by atoms with Crippen molar-refractivity contribution in [2.45, 2.75) is 12.8 Å². The Morgan fingerprint density at radius 1 is 0.300 bits per heavy atom. The standard InChI is InChI=1S/C48H38N2/c1-5-15-37(16-6-1)38-27-31-47(32-28-38)50(45-24-11-4-12-25-45)48-26-14-19-42(36-48)41-18-13-17-40(35-41)39-29-33-46(34-30-39)49(43-20-7-2-8-21-43)44-22-9-3-10-23-44/h1-2,4-9,11-36H,3,10H2. The maximum Gasteiger partial charge on any atom is 0.0467 e. The first-order valence-corrected chi connectivity index (χ1v) is 17.3. The number of allylic oxidation sites excluding steroid dienone is 3. The summed E-state index contributed by atoms with van der Waals surface area (Å²) in [6.07, 6.45) is 8.99. The van der Waals surface area contributed by atoms with Gasteiger partial charge in [0.1, 0.15) is 0 Å². The van der Waals surface area contributed by atoms with Crippen LogP contribution in [-0.4, -0.2) is 0 Å². The smallest absolute Gasteiger partial charge is 0.0467 e. The molecule has 0 aliphatic heterocycles. The Labute approximate surface area is 295 Å². The lowest BCUT2D eigenvalue weighted by Crippen LogP contribution is -2.16. The molecule has 0 bridgehead atoms. The lowest BCUT2D eigenvalue weighted by molar-refractivity contribution is 0.997. The van der Waals surface area contributed by atoms with Crippen molar-refractivity contribution in [1.82, 2.24) is 0 Å². The summed E-state index contributed by atoms with van der Waals surface area (Å²) in [5, 5.41) is 0. The van der Waals surface area contributed by atoms with E-state index in [1.165, 1.54) is 39.1 Å². The molecule has 0 heterocycles. The van der Waals surface area contributed by atoms with Gasteiger partial charge in [0.05, 0.1) is 0 Å². The van der Waals surface area contributed by atoms with Gasteiger partial charge >= 0.3 is 0 Å². The molecule has 0 saturated heterocycles. The molecule has 0 saturated carbocycles. The highest BCUT2D eigenvalue weighted by atomic mass is 15.1. The van der Waals surface area contributed by atoms with E-state index in [9.17, 15) is 0 Å². The van der Waals surface area contributed by atoms with Crippen molar-refractivity contribution >= 4 is 28.4 Å². The van der Waals surface area contributed by atoms with Gasteiger partial charge in [-0.05, 0) is 119 Å². The van der Waals surface area contributed by atoms with Crippen LogP contribution in [0.25, 0.3) is 33.4 Å². The topological polar surface area (TPSA) is 6.48 Å². The first kappa shape index (κ1) is 30.9. The van der Waals surface area contributed by atoms with E-state index in [1.807, 2.05) is 0 Å². The van der Waals surface area contributed by atoms with E-state index in [0.717, 1.165) is 41.3 Å². The van der Waals surface area contributed by atoms with E-state index < -0.39 is 0 Å². The van der Waals surface area contributed by atoms with Crippen LogP contribution in [-0.2, 0) is 0 Å². The first-order chi connectivity index (χ1) is 24.8. The maximum absolute atomic E-state index is 2.34. The van der Waals surface area contributed by atoms with E-state index >= 15 is 0 Å². The summed E-state index contributed by atoms with van der Waals surface area (Å²) in [4.78, 5) is 4.67. The highest BCUT2D eigenvalue weighted by Crippen LogP contribution is 2.38. The van der Waals surface area contributed by atoms with Gasteiger partial charge in [-0.3, -0.25) is 0 Å². The zero-order valence-corrected chi connectivity index (χ0v) is 27.9. The normalized spacial score (nSPS) is 12.3. The van der Waals surface area contributed by atoms with E-state index in [1.54, 1.807) is 0 Å². The minimum atomic E-state index is 1.06. The second-order valence-electron chi connectivity index (χ2n) is 12.5. The van der Waals surface area contributed by atoms with Crippen molar-refractivity contribution in [3.63, 3.8) is 0 Å². The SMILES string of the molecule is C1=CC(N(c2ccccc2)c2ccc(-c3cccc(-c4cccc(N(c5ccccc5)c5ccc(-c6ccccc6)cc5)c4)c3)cc2)=CCC1. The maximum atomic E-state index is 2.34. The Balaban J connectivity index is 1.10. The molecule has 50 heavy (non-hydrogen) atoms. The van der Waals surface area contributed by atoms with Gasteiger partial charge in [-0.1, -0.05) is 133 Å². The molecule has 7 aromatic carbocycles. The summed E-state index contributed by atoms with van der Waals surface area (Å²) in [5.74, 6) is 0. The Hall–Kier alpha value is -6.38. The van der Waals surface area contributed by atoms with E-state index in [4.69, 9.17) is 0 Å². The first-order valence-electron chi connectivity index (χ1n) is 17.3. The van der Waals surface area contributed by atoms with E-state index in [2.05, 4.69) is 216 Å². The van der Waals surface area contributed by atoms with Crippen molar-refractivity contribution in [2.75, 3.05) is 9.80 Å². The summed E-state index contributed by atoms with van der Waals surface area (Å²) in [7, 11) is 0. The van der Waals surface area contributed by atoms with Gasteiger partial charge in [-0.25, -0.2) is 0 Å². The van der Waals surface area contributed by atoms with E-state index in [0.29, 0.717) is 0 Å². The monoisotopic (exact) mass is 642 g/mol. The van der Waals surface area contributed by atoms with Crippen LogP contribution in [0.5, 0.6) is 0 Å². The molecule has 0 spiro atoms. The molecule has 1 aliphatic rings. The molecular formula is C48H38N2. The molecule has 240 valence electrons. The fraction of sp³-hybridized carbons (Fsp3) is 0.0417. The van der Waals surface area contributed by atoms with Gasteiger partial charge in [0.25, 0.3) is 0 Å². The number of para-hydroxylation sites is 2. The molecule has 0 fully saturated rings. The highest BCUT2D eigenvalue weighted by molar-refractivity contribution is 5.82. The summed E-state index contributed by atoms with van der Waals surface area (Å²) in [6, 6.07) is 67.3. The second kappa shape index (κ2) is 14.4. The van der Waals surface area contributed by atoms with Gasteiger partial charge in [0.15, 0.2) is 0 Å². The van der Waals surface area contributed by atoms with Crippen LogP contribution in [0.15, 0.2) is 212 Å². The minimum absolute atomic E-state index is 1.06. The number of benzene rings is 7. The van der Waals surface area contributed by atoms with Crippen LogP contribution < -0.4 is 9.80 Å². The van der Waals surface area contributed by atoms with Crippen molar-refractivity contribution in [3.8, 4) is 33.4 Å². The van der Waals surface area contributed by atoms with E-state index in [-0.39, 0.29) is 0 Å². The third kappa shape index (κ3) is 6.65. The molecule has 0 aromatic heterocycles. The molecule has 1 aliphatic carbocycles. The average Bonchev–Trinajstić information content (AvgIpc) is 3.20. The molecule has 0 unspecified atom stereocenters. The van der Waals surface area contributed by atoms with Crippen molar-refractivity contribution in [2.24, 2.45) is 0 Å². The summed E-state index contributed by atoms with van der Waals surface area (Å²) < 4.78 is 0. The number of hydrogen-bond donors (Lipinski definition) is 0. The van der Waals surface area contributed by atoms with Crippen LogP contribution in [0.1, 0.15) is 12.8 Å². The molecule has 0 radical (unpaired) electrons. The number of anilines is 5. The lowest BCUT2D eigenvalue weighted by atomic mass is 9.98. The third-order valence-corrected chi connectivity index (χ3v) is 9.25. The Kier molecular flexibility index (Phi) is 8.90. The molecule has 0 atom stereocenters. The molecule has 8 rings (SSSR count). The fourth-order valence-corrected chi connectivity index (χ4v) is 6.75. The Morgan fingerprint density at radius 3 is 1.32 bits per heavy atom. The lowest BCUT2D eigenvalue weighted by Gasteiger charge is -2.27. The van der Waals surface area contributed by atoms with Crippen LogP contribution in [0, 0.1) is 0 Å². The summed E-state index contributed by atoms with van der Waals surface area (Å²) >= 11 is 0. The fourth-order valence-electron chi connectivity index (χ4n) is 6.75. The van der Waals surface area contributed by atoms with Gasteiger partial charge in [0, 0.05) is 34.1 Å². The Morgan fingerprint density at radius 2 is 0.720 bits per heavy atom. The highest BCUT2D eigenvalue weighted by Gasteiger charge is 2.16. The van der Waals surface area contributed by atoms with Crippen molar-refractivity contribution in [1.29, 1.82) is 0 Å². The van der Waals surface area contributed by atoms with Crippen molar-refractivity contribution in [3.05, 3.63) is 212 Å². The van der Waals surface area contributed by atoms with Gasteiger partial charge < -0.3 is 9.80 Å². The molecule has 0 amide bonds. The van der Waals surface area contributed by atoms with Gasteiger partial charge in [-0.2, -0.15) is 0 Å².